The average molecular weight is 434 g/mol. The minimum atomic E-state index is -0.908. The van der Waals surface area contributed by atoms with Crippen LogP contribution in [0.25, 0.3) is 0 Å². The van der Waals surface area contributed by atoms with Gasteiger partial charge in [0.05, 0.1) is 12.2 Å². The molecule has 1 aromatic heterocycles. The van der Waals surface area contributed by atoms with Crippen molar-refractivity contribution in [3.05, 3.63) is 89.2 Å². The van der Waals surface area contributed by atoms with E-state index in [0.717, 1.165) is 11.1 Å². The van der Waals surface area contributed by atoms with Gasteiger partial charge in [-0.2, -0.15) is 5.10 Å². The van der Waals surface area contributed by atoms with Crippen LogP contribution in [0.4, 0.5) is 4.79 Å². The van der Waals surface area contributed by atoms with Crippen LogP contribution in [0.1, 0.15) is 27.3 Å². The molecule has 2 aromatic carbocycles. The van der Waals surface area contributed by atoms with Crippen LogP contribution in [0.15, 0.2) is 66.7 Å². The quantitative estimate of drug-likeness (QED) is 0.568. The maximum absolute atomic E-state index is 12.8. The van der Waals surface area contributed by atoms with E-state index in [4.69, 9.17) is 4.74 Å². The smallest absolute Gasteiger partial charge is 0.408 e. The Kier molecular flexibility index (Phi) is 7.75. The van der Waals surface area contributed by atoms with Crippen molar-refractivity contribution < 1.29 is 19.1 Å². The van der Waals surface area contributed by atoms with Gasteiger partial charge in [-0.1, -0.05) is 60.7 Å². The minimum absolute atomic E-state index is 0.0861. The lowest BCUT2D eigenvalue weighted by atomic mass is 10.1. The predicted molar refractivity (Wildman–Crippen MR) is 119 cm³/mol. The van der Waals surface area contributed by atoms with Crippen LogP contribution in [0, 0.1) is 13.8 Å². The van der Waals surface area contributed by atoms with Gasteiger partial charge in [0.25, 0.3) is 5.91 Å². The summed E-state index contributed by atoms with van der Waals surface area (Å²) in [4.78, 5) is 37.6. The van der Waals surface area contributed by atoms with E-state index in [-0.39, 0.29) is 25.5 Å². The molecule has 1 atom stereocenters. The monoisotopic (exact) mass is 434 g/mol. The van der Waals surface area contributed by atoms with Gasteiger partial charge < -0.3 is 15.4 Å². The highest BCUT2D eigenvalue weighted by atomic mass is 16.5. The van der Waals surface area contributed by atoms with E-state index in [1.165, 1.54) is 4.68 Å². The Morgan fingerprint density at radius 2 is 1.59 bits per heavy atom. The third kappa shape index (κ3) is 6.53. The molecule has 8 heteroatoms. The van der Waals surface area contributed by atoms with Gasteiger partial charge in [0.2, 0.25) is 5.91 Å². The number of alkyl carbamates (subject to hydrolysis) is 1. The zero-order valence-electron chi connectivity index (χ0n) is 18.1. The lowest BCUT2D eigenvalue weighted by molar-refractivity contribution is -0.122. The molecule has 1 heterocycles. The molecule has 3 aromatic rings. The van der Waals surface area contributed by atoms with Crippen LogP contribution < -0.4 is 10.6 Å². The number of carbonyl (C=O) groups excluding carboxylic acids is 3. The predicted octanol–water partition coefficient (Wildman–Crippen LogP) is 2.79. The fourth-order valence-electron chi connectivity index (χ4n) is 3.21. The fraction of sp³-hybridized carbons (Fsp3) is 0.250. The van der Waals surface area contributed by atoms with Gasteiger partial charge in [-0.25, -0.2) is 9.48 Å². The zero-order valence-corrected chi connectivity index (χ0v) is 18.1. The second-order valence-corrected chi connectivity index (χ2v) is 7.40. The number of benzene rings is 2. The van der Waals surface area contributed by atoms with E-state index in [1.54, 1.807) is 19.9 Å². The molecule has 3 rings (SSSR count). The number of nitrogens with one attached hydrogen (secondary N) is 2. The Morgan fingerprint density at radius 1 is 0.969 bits per heavy atom. The molecule has 2 N–H and O–H groups in total. The summed E-state index contributed by atoms with van der Waals surface area (Å²) < 4.78 is 6.50. The van der Waals surface area contributed by atoms with E-state index in [2.05, 4.69) is 15.7 Å². The molecule has 8 nitrogen and oxygen atoms in total. The van der Waals surface area contributed by atoms with Crippen LogP contribution in [-0.4, -0.2) is 40.3 Å². The Hall–Kier alpha value is -3.94. The highest BCUT2D eigenvalue weighted by molar-refractivity contribution is 5.90. The molecular formula is C24H26N4O4. The van der Waals surface area contributed by atoms with E-state index in [1.807, 2.05) is 60.7 Å². The summed E-state index contributed by atoms with van der Waals surface area (Å²) in [5.41, 5.74) is 3.10. The van der Waals surface area contributed by atoms with Gasteiger partial charge in [-0.3, -0.25) is 9.59 Å². The van der Waals surface area contributed by atoms with Crippen molar-refractivity contribution in [3.63, 3.8) is 0 Å². The second kappa shape index (κ2) is 10.9. The van der Waals surface area contributed by atoms with Gasteiger partial charge in [0, 0.05) is 12.1 Å². The van der Waals surface area contributed by atoms with Crippen molar-refractivity contribution in [2.75, 3.05) is 6.54 Å². The first-order valence-electron chi connectivity index (χ1n) is 10.3. The topological polar surface area (TPSA) is 102 Å². The molecule has 0 saturated heterocycles. The Labute approximate surface area is 186 Å². The average Bonchev–Trinajstić information content (AvgIpc) is 3.14. The van der Waals surface area contributed by atoms with E-state index >= 15 is 0 Å². The van der Waals surface area contributed by atoms with E-state index in [9.17, 15) is 14.4 Å². The molecule has 32 heavy (non-hydrogen) atoms. The lowest BCUT2D eigenvalue weighted by Gasteiger charge is -2.18. The number of hydrogen-bond acceptors (Lipinski definition) is 5. The standard InChI is InChI=1S/C24H26N4O4/c1-17-13-18(2)28(27-17)22(29)15-25-23(30)21(14-19-9-5-3-6-10-19)26-24(31)32-16-20-11-7-4-8-12-20/h3-13,21H,14-16H2,1-2H3,(H,25,30)(H,26,31). The Bertz CT molecular complexity index is 1060. The summed E-state index contributed by atoms with van der Waals surface area (Å²) in [7, 11) is 0. The van der Waals surface area contributed by atoms with Crippen LogP contribution in [-0.2, 0) is 22.6 Å². The van der Waals surface area contributed by atoms with Crippen molar-refractivity contribution in [3.8, 4) is 0 Å². The summed E-state index contributed by atoms with van der Waals surface area (Å²) in [5, 5.41) is 9.33. The van der Waals surface area contributed by atoms with Crippen LogP contribution >= 0.6 is 0 Å². The highest BCUT2D eigenvalue weighted by Crippen LogP contribution is 2.06. The molecule has 0 aliphatic carbocycles. The molecule has 0 saturated carbocycles. The maximum atomic E-state index is 12.8. The molecule has 0 radical (unpaired) electrons. The van der Waals surface area contributed by atoms with Crippen molar-refractivity contribution in [1.82, 2.24) is 20.4 Å². The van der Waals surface area contributed by atoms with Crippen molar-refractivity contribution in [2.24, 2.45) is 0 Å². The third-order valence-corrected chi connectivity index (χ3v) is 4.76. The Balaban J connectivity index is 1.62. The minimum Gasteiger partial charge on any atom is -0.445 e. The summed E-state index contributed by atoms with van der Waals surface area (Å²) in [5.74, 6) is -0.852. The SMILES string of the molecule is Cc1cc(C)n(C(=O)CNC(=O)C(Cc2ccccc2)NC(=O)OCc2ccccc2)n1. The Morgan fingerprint density at radius 3 is 2.19 bits per heavy atom. The zero-order chi connectivity index (χ0) is 22.9. The second-order valence-electron chi connectivity index (χ2n) is 7.40. The van der Waals surface area contributed by atoms with Gasteiger partial charge in [0.1, 0.15) is 12.6 Å². The number of rotatable bonds is 8. The lowest BCUT2D eigenvalue weighted by Crippen LogP contribution is -2.49. The first-order valence-corrected chi connectivity index (χ1v) is 10.3. The number of hydrogen-bond donors (Lipinski definition) is 2. The van der Waals surface area contributed by atoms with Crippen molar-refractivity contribution in [2.45, 2.75) is 32.9 Å². The molecule has 0 aliphatic heterocycles. The van der Waals surface area contributed by atoms with Crippen LogP contribution in [0.2, 0.25) is 0 Å². The van der Waals surface area contributed by atoms with Gasteiger partial charge >= 0.3 is 6.09 Å². The van der Waals surface area contributed by atoms with Crippen LogP contribution in [0.5, 0.6) is 0 Å². The van der Waals surface area contributed by atoms with Gasteiger partial charge in [-0.15, -0.1) is 0 Å². The molecule has 0 bridgehead atoms. The maximum Gasteiger partial charge on any atom is 0.408 e. The van der Waals surface area contributed by atoms with Gasteiger partial charge in [-0.05, 0) is 31.0 Å². The number of carbonyl (C=O) groups is 3. The normalized spacial score (nSPS) is 11.4. The first-order chi connectivity index (χ1) is 15.4. The van der Waals surface area contributed by atoms with Crippen LogP contribution in [0.3, 0.4) is 0 Å². The molecule has 0 spiro atoms. The molecule has 1 unspecified atom stereocenters. The number of nitrogens with zero attached hydrogens (tertiary/aromatic N) is 2. The number of ether oxygens (including phenoxy) is 1. The van der Waals surface area contributed by atoms with E-state index < -0.39 is 18.0 Å². The highest BCUT2D eigenvalue weighted by Gasteiger charge is 2.23. The number of aromatic nitrogens is 2. The fourth-order valence-corrected chi connectivity index (χ4v) is 3.21. The largest absolute Gasteiger partial charge is 0.445 e. The van der Waals surface area contributed by atoms with E-state index in [0.29, 0.717) is 11.4 Å². The molecular weight excluding hydrogens is 408 g/mol. The summed E-state index contributed by atoms with van der Waals surface area (Å²) >= 11 is 0. The summed E-state index contributed by atoms with van der Waals surface area (Å²) in [6.45, 7) is 3.40. The third-order valence-electron chi connectivity index (χ3n) is 4.76. The number of amides is 2. The summed E-state index contributed by atoms with van der Waals surface area (Å²) in [6, 6.07) is 19.4. The number of aryl methyl sites for hydroxylation is 2. The summed E-state index contributed by atoms with van der Waals surface area (Å²) in [6.07, 6.45) is -0.462. The van der Waals surface area contributed by atoms with Gasteiger partial charge in [0.15, 0.2) is 0 Å². The van der Waals surface area contributed by atoms with Crippen molar-refractivity contribution in [1.29, 1.82) is 0 Å². The van der Waals surface area contributed by atoms with Crippen molar-refractivity contribution >= 4 is 17.9 Å². The molecule has 166 valence electrons. The first kappa shape index (κ1) is 22.7. The molecule has 0 aliphatic rings. The molecule has 0 fully saturated rings. The molecule has 2 amide bonds.